The van der Waals surface area contributed by atoms with E-state index in [1.807, 2.05) is 30.3 Å². The van der Waals surface area contributed by atoms with Gasteiger partial charge < -0.3 is 30.2 Å². The van der Waals surface area contributed by atoms with Crippen LogP contribution in [0.3, 0.4) is 0 Å². The third kappa shape index (κ3) is 4.73. The van der Waals surface area contributed by atoms with E-state index < -0.39 is 36.1 Å². The molecule has 128 valence electrons. The highest BCUT2D eigenvalue weighted by Gasteiger charge is 2.47. The average molecular weight is 325 g/mol. The van der Waals surface area contributed by atoms with Crippen LogP contribution in [-0.2, 0) is 25.6 Å². The van der Waals surface area contributed by atoms with E-state index in [2.05, 4.69) is 0 Å². The second-order valence-corrected chi connectivity index (χ2v) is 5.99. The maximum atomic E-state index is 11.0. The molecular weight excluding hydrogens is 302 g/mol. The van der Waals surface area contributed by atoms with Gasteiger partial charge in [-0.05, 0) is 19.4 Å². The molecular formula is C16H23NO6. The van der Waals surface area contributed by atoms with Crippen molar-refractivity contribution >= 4 is 5.97 Å². The summed E-state index contributed by atoms with van der Waals surface area (Å²) in [5, 5.41) is 19.1. The summed E-state index contributed by atoms with van der Waals surface area (Å²) < 4.78 is 16.9. The lowest BCUT2D eigenvalue weighted by atomic mass is 10.0. The van der Waals surface area contributed by atoms with Crippen LogP contribution < -0.4 is 5.73 Å². The normalized spacial score (nSPS) is 25.9. The van der Waals surface area contributed by atoms with E-state index in [-0.39, 0.29) is 6.61 Å². The molecule has 1 aromatic rings. The monoisotopic (exact) mass is 325 g/mol. The van der Waals surface area contributed by atoms with Gasteiger partial charge in [-0.2, -0.15) is 0 Å². The van der Waals surface area contributed by atoms with Gasteiger partial charge in [0.2, 0.25) is 0 Å². The van der Waals surface area contributed by atoms with Crippen LogP contribution in [0.4, 0.5) is 0 Å². The number of aliphatic hydroxyl groups is 1. The van der Waals surface area contributed by atoms with Crippen molar-refractivity contribution in [2.45, 2.75) is 50.6 Å². The molecule has 1 aliphatic rings. The zero-order valence-electron chi connectivity index (χ0n) is 13.2. The van der Waals surface area contributed by atoms with E-state index in [0.717, 1.165) is 5.56 Å². The molecule has 0 aromatic heterocycles. The van der Waals surface area contributed by atoms with E-state index in [9.17, 15) is 9.90 Å². The molecule has 4 atom stereocenters. The van der Waals surface area contributed by atoms with Gasteiger partial charge in [-0.25, -0.2) is 0 Å². The summed E-state index contributed by atoms with van der Waals surface area (Å²) in [6.07, 6.45) is -2.86. The van der Waals surface area contributed by atoms with Crippen LogP contribution in [0.25, 0.3) is 0 Å². The molecule has 4 N–H and O–H groups in total. The number of carbonyl (C=O) groups is 1. The number of ether oxygens (including phenoxy) is 3. The Bertz CT molecular complexity index is 521. The Hall–Kier alpha value is -1.51. The number of hydrogen-bond acceptors (Lipinski definition) is 6. The SMILES string of the molecule is CC1(C)O[C@@H]([C@H](O)[C@@H](N)C(=O)O)[C@H](COCc2ccccc2)O1. The molecule has 7 nitrogen and oxygen atoms in total. The zero-order valence-corrected chi connectivity index (χ0v) is 13.2. The van der Waals surface area contributed by atoms with Crippen LogP contribution in [0, 0.1) is 0 Å². The predicted octanol–water partition coefficient (Wildman–Crippen LogP) is 0.496. The molecule has 2 rings (SSSR count). The number of nitrogens with two attached hydrogens (primary N) is 1. The molecule has 0 saturated carbocycles. The number of carboxylic acid groups (broad SMARTS) is 1. The zero-order chi connectivity index (χ0) is 17.0. The summed E-state index contributed by atoms with van der Waals surface area (Å²) in [4.78, 5) is 11.0. The van der Waals surface area contributed by atoms with Crippen molar-refractivity contribution < 1.29 is 29.2 Å². The topological polar surface area (TPSA) is 111 Å². The average Bonchev–Trinajstić information content (AvgIpc) is 2.81. The Morgan fingerprint density at radius 3 is 2.61 bits per heavy atom. The fourth-order valence-corrected chi connectivity index (χ4v) is 2.50. The Kier molecular flexibility index (Phi) is 5.72. The number of hydrogen-bond donors (Lipinski definition) is 3. The number of benzene rings is 1. The van der Waals surface area contributed by atoms with Crippen molar-refractivity contribution in [2.75, 3.05) is 6.61 Å². The highest BCUT2D eigenvalue weighted by Crippen LogP contribution is 2.31. The van der Waals surface area contributed by atoms with E-state index in [4.69, 9.17) is 25.1 Å². The van der Waals surface area contributed by atoms with Crippen LogP contribution in [0.1, 0.15) is 19.4 Å². The largest absolute Gasteiger partial charge is 0.480 e. The van der Waals surface area contributed by atoms with E-state index >= 15 is 0 Å². The molecule has 0 aliphatic carbocycles. The maximum Gasteiger partial charge on any atom is 0.323 e. The minimum atomic E-state index is -1.45. The van der Waals surface area contributed by atoms with Gasteiger partial charge in [0.25, 0.3) is 0 Å². The molecule has 0 spiro atoms. The van der Waals surface area contributed by atoms with Gasteiger partial charge in [-0.3, -0.25) is 4.79 Å². The van der Waals surface area contributed by atoms with Crippen molar-refractivity contribution in [3.05, 3.63) is 35.9 Å². The third-order valence-corrected chi connectivity index (χ3v) is 3.60. The summed E-state index contributed by atoms with van der Waals surface area (Å²) in [7, 11) is 0. The summed E-state index contributed by atoms with van der Waals surface area (Å²) in [6, 6.07) is 8.16. The third-order valence-electron chi connectivity index (χ3n) is 3.60. The minimum absolute atomic E-state index is 0.159. The van der Waals surface area contributed by atoms with Gasteiger partial charge in [0, 0.05) is 0 Å². The van der Waals surface area contributed by atoms with Crippen molar-refractivity contribution in [2.24, 2.45) is 5.73 Å². The van der Waals surface area contributed by atoms with Crippen LogP contribution in [0.2, 0.25) is 0 Å². The standard InChI is InChI=1S/C16H23NO6/c1-16(2)22-11(9-21-8-10-6-4-3-5-7-10)14(23-16)13(18)12(17)15(19)20/h3-7,11-14,18H,8-9,17H2,1-2H3,(H,19,20)/t11-,12+,13+,14+/m0/s1. The van der Waals surface area contributed by atoms with Crippen molar-refractivity contribution in [1.29, 1.82) is 0 Å². The van der Waals surface area contributed by atoms with Crippen molar-refractivity contribution in [3.63, 3.8) is 0 Å². The highest BCUT2D eigenvalue weighted by atomic mass is 16.8. The highest BCUT2D eigenvalue weighted by molar-refractivity contribution is 5.74. The quantitative estimate of drug-likeness (QED) is 0.669. The van der Waals surface area contributed by atoms with Gasteiger partial charge >= 0.3 is 5.97 Å². The Balaban J connectivity index is 1.95. The number of aliphatic carboxylic acids is 1. The molecule has 23 heavy (non-hydrogen) atoms. The first-order valence-corrected chi connectivity index (χ1v) is 7.44. The van der Waals surface area contributed by atoms with Crippen molar-refractivity contribution in [1.82, 2.24) is 0 Å². The molecule has 0 radical (unpaired) electrons. The molecule has 1 heterocycles. The van der Waals surface area contributed by atoms with E-state index in [1.54, 1.807) is 13.8 Å². The lowest BCUT2D eigenvalue weighted by Gasteiger charge is -2.24. The molecule has 0 bridgehead atoms. The minimum Gasteiger partial charge on any atom is -0.480 e. The van der Waals surface area contributed by atoms with Gasteiger partial charge in [0.15, 0.2) is 5.79 Å². The Morgan fingerprint density at radius 1 is 1.35 bits per heavy atom. The molecule has 1 fully saturated rings. The van der Waals surface area contributed by atoms with Gasteiger partial charge in [0.05, 0.1) is 13.2 Å². The molecule has 1 aromatic carbocycles. The second kappa shape index (κ2) is 7.37. The van der Waals surface area contributed by atoms with E-state index in [1.165, 1.54) is 0 Å². The molecule has 1 saturated heterocycles. The number of aliphatic hydroxyl groups excluding tert-OH is 1. The van der Waals surface area contributed by atoms with Crippen LogP contribution >= 0.6 is 0 Å². The maximum absolute atomic E-state index is 11.0. The first-order valence-electron chi connectivity index (χ1n) is 7.44. The first kappa shape index (κ1) is 17.8. The number of rotatable bonds is 7. The van der Waals surface area contributed by atoms with Crippen molar-refractivity contribution in [3.8, 4) is 0 Å². The summed E-state index contributed by atoms with van der Waals surface area (Å²) in [5.74, 6) is -2.24. The summed E-state index contributed by atoms with van der Waals surface area (Å²) in [6.45, 7) is 3.92. The van der Waals surface area contributed by atoms with E-state index in [0.29, 0.717) is 6.61 Å². The molecule has 7 heteroatoms. The van der Waals surface area contributed by atoms with Gasteiger partial charge in [0.1, 0.15) is 24.4 Å². The molecule has 0 amide bonds. The summed E-state index contributed by atoms with van der Waals surface area (Å²) >= 11 is 0. The van der Waals surface area contributed by atoms with Gasteiger partial charge in [-0.1, -0.05) is 30.3 Å². The number of carboxylic acids is 1. The van der Waals surface area contributed by atoms with Crippen LogP contribution in [-0.4, -0.2) is 52.9 Å². The Morgan fingerprint density at radius 2 is 2.00 bits per heavy atom. The first-order chi connectivity index (χ1) is 10.8. The second-order valence-electron chi connectivity index (χ2n) is 5.99. The van der Waals surface area contributed by atoms with Crippen LogP contribution in [0.15, 0.2) is 30.3 Å². The molecule has 1 aliphatic heterocycles. The lowest BCUT2D eigenvalue weighted by molar-refractivity contribution is -0.163. The smallest absolute Gasteiger partial charge is 0.323 e. The molecule has 0 unspecified atom stereocenters. The Labute approximate surface area is 135 Å². The lowest BCUT2D eigenvalue weighted by Crippen LogP contribution is -2.52. The predicted molar refractivity (Wildman–Crippen MR) is 81.5 cm³/mol. The van der Waals surface area contributed by atoms with Gasteiger partial charge in [-0.15, -0.1) is 0 Å². The summed E-state index contributed by atoms with van der Waals surface area (Å²) in [5.41, 5.74) is 6.49. The fraction of sp³-hybridized carbons (Fsp3) is 0.562. The van der Waals surface area contributed by atoms with Crippen LogP contribution in [0.5, 0.6) is 0 Å². The fourth-order valence-electron chi connectivity index (χ4n) is 2.50.